The number of carbonyl (C=O) groups is 1. The molecule has 0 bridgehead atoms. The fourth-order valence-corrected chi connectivity index (χ4v) is 2.65. The summed E-state index contributed by atoms with van der Waals surface area (Å²) in [5.74, 6) is -0.839. The second-order valence-electron chi connectivity index (χ2n) is 5.21. The van der Waals surface area contributed by atoms with Crippen LogP contribution in [0.1, 0.15) is 28.8 Å². The highest BCUT2D eigenvalue weighted by Gasteiger charge is 2.21. The maximum absolute atomic E-state index is 12.3. The van der Waals surface area contributed by atoms with Crippen LogP contribution < -0.4 is 4.52 Å². The van der Waals surface area contributed by atoms with Gasteiger partial charge in [0.15, 0.2) is 5.78 Å². The van der Waals surface area contributed by atoms with Gasteiger partial charge >= 0.3 is 7.82 Å². The Balaban J connectivity index is 2.05. The van der Waals surface area contributed by atoms with E-state index in [2.05, 4.69) is 4.52 Å². The lowest BCUT2D eigenvalue weighted by molar-refractivity contribution is 0.0978. The monoisotopic (exact) mass is 352 g/mol. The largest absolute Gasteiger partial charge is 0.524 e. The van der Waals surface area contributed by atoms with Gasteiger partial charge in [0.05, 0.1) is 5.56 Å². The average Bonchev–Trinajstić information content (AvgIpc) is 2.45. The zero-order chi connectivity index (χ0) is 17.7. The molecule has 7 nitrogen and oxygen atoms in total. The lowest BCUT2D eigenvalue weighted by Crippen LogP contribution is -2.04. The summed E-state index contributed by atoms with van der Waals surface area (Å²) in [5, 5.41) is 18.8. The van der Waals surface area contributed by atoms with Gasteiger partial charge in [-0.15, -0.1) is 0 Å². The van der Waals surface area contributed by atoms with E-state index in [4.69, 9.17) is 9.79 Å². The first-order valence-electron chi connectivity index (χ1n) is 7.14. The molecule has 0 radical (unpaired) electrons. The molecule has 0 aromatic heterocycles. The number of phenols is 2. The zero-order valence-electron chi connectivity index (χ0n) is 12.6. The number of aromatic hydroxyl groups is 2. The molecule has 8 heteroatoms. The van der Waals surface area contributed by atoms with Gasteiger partial charge in [-0.25, -0.2) is 4.57 Å². The lowest BCUT2D eigenvalue weighted by atomic mass is 10.0. The van der Waals surface area contributed by atoms with Gasteiger partial charge in [0.2, 0.25) is 0 Å². The molecule has 24 heavy (non-hydrogen) atoms. The Bertz CT molecular complexity index is 782. The number of phosphoric ester groups is 1. The number of carbonyl (C=O) groups excluding carboxylic acids is 1. The molecule has 0 saturated heterocycles. The van der Waals surface area contributed by atoms with E-state index in [-0.39, 0.29) is 35.0 Å². The molecule has 0 atom stereocenters. The normalized spacial score (nSPS) is 11.2. The molecule has 2 aromatic carbocycles. The van der Waals surface area contributed by atoms with E-state index in [1.807, 2.05) is 6.07 Å². The fourth-order valence-electron chi connectivity index (χ4n) is 2.24. The van der Waals surface area contributed by atoms with Crippen LogP contribution in [0.5, 0.6) is 17.2 Å². The number of aryl methyl sites for hydroxylation is 1. The SMILES string of the molecule is O=C(CCCc1cccc(O)c1)c1ccc(O)cc1OP(=O)(O)O. The van der Waals surface area contributed by atoms with E-state index in [0.717, 1.165) is 11.6 Å². The average molecular weight is 352 g/mol. The highest BCUT2D eigenvalue weighted by atomic mass is 31.2. The quantitative estimate of drug-likeness (QED) is 0.446. The Morgan fingerprint density at radius 2 is 1.75 bits per heavy atom. The molecule has 0 aliphatic carbocycles. The first kappa shape index (κ1) is 18.0. The van der Waals surface area contributed by atoms with Crippen molar-refractivity contribution in [2.75, 3.05) is 0 Å². The molecule has 0 unspecified atom stereocenters. The van der Waals surface area contributed by atoms with Crippen LogP contribution in [0, 0.1) is 0 Å². The molecule has 2 rings (SSSR count). The van der Waals surface area contributed by atoms with Crippen molar-refractivity contribution in [3.63, 3.8) is 0 Å². The summed E-state index contributed by atoms with van der Waals surface area (Å²) in [7, 11) is -4.84. The van der Waals surface area contributed by atoms with E-state index in [1.165, 1.54) is 12.1 Å². The summed E-state index contributed by atoms with van der Waals surface area (Å²) in [5.41, 5.74) is 0.868. The van der Waals surface area contributed by atoms with Crippen LogP contribution in [-0.2, 0) is 11.0 Å². The summed E-state index contributed by atoms with van der Waals surface area (Å²) in [6, 6.07) is 10.2. The summed E-state index contributed by atoms with van der Waals surface area (Å²) in [6.45, 7) is 0. The number of phosphoric acid groups is 1. The zero-order valence-corrected chi connectivity index (χ0v) is 13.5. The predicted molar refractivity (Wildman–Crippen MR) is 86.2 cm³/mol. The van der Waals surface area contributed by atoms with Gasteiger partial charge in [0.1, 0.15) is 17.2 Å². The van der Waals surface area contributed by atoms with Gasteiger partial charge < -0.3 is 14.7 Å². The first-order chi connectivity index (χ1) is 11.2. The smallest absolute Gasteiger partial charge is 0.508 e. The molecule has 0 fully saturated rings. The Labute approximate surface area is 138 Å². The molecule has 0 heterocycles. The van der Waals surface area contributed by atoms with Gasteiger partial charge in [-0.3, -0.25) is 14.6 Å². The molecule has 2 aromatic rings. The third-order valence-corrected chi connectivity index (χ3v) is 3.70. The Morgan fingerprint density at radius 1 is 1.04 bits per heavy atom. The van der Waals surface area contributed by atoms with E-state index >= 15 is 0 Å². The molecule has 4 N–H and O–H groups in total. The van der Waals surface area contributed by atoms with Gasteiger partial charge in [-0.2, -0.15) is 0 Å². The lowest BCUT2D eigenvalue weighted by Gasteiger charge is -2.11. The van der Waals surface area contributed by atoms with Crippen LogP contribution in [-0.4, -0.2) is 25.8 Å². The van der Waals surface area contributed by atoms with Crippen molar-refractivity contribution in [2.45, 2.75) is 19.3 Å². The predicted octanol–water partition coefficient (Wildman–Crippen LogP) is 2.77. The number of hydrogen-bond donors (Lipinski definition) is 4. The molecular formula is C16H17O7P. The van der Waals surface area contributed by atoms with Crippen molar-refractivity contribution in [3.8, 4) is 17.2 Å². The van der Waals surface area contributed by atoms with E-state index in [1.54, 1.807) is 18.2 Å². The van der Waals surface area contributed by atoms with Crippen LogP contribution in [0.15, 0.2) is 42.5 Å². The second kappa shape index (κ2) is 7.49. The summed E-state index contributed by atoms with van der Waals surface area (Å²) < 4.78 is 15.4. The van der Waals surface area contributed by atoms with Crippen LogP contribution in [0.4, 0.5) is 0 Å². The maximum atomic E-state index is 12.3. The number of benzene rings is 2. The minimum absolute atomic E-state index is 0.00738. The van der Waals surface area contributed by atoms with Crippen molar-refractivity contribution in [1.82, 2.24) is 0 Å². The van der Waals surface area contributed by atoms with E-state index < -0.39 is 7.82 Å². The summed E-state index contributed by atoms with van der Waals surface area (Å²) in [6.07, 6.45) is 1.17. The number of hydrogen-bond acceptors (Lipinski definition) is 5. The van der Waals surface area contributed by atoms with Gasteiger partial charge in [-0.1, -0.05) is 12.1 Å². The Hall–Kier alpha value is -2.34. The van der Waals surface area contributed by atoms with Crippen molar-refractivity contribution in [1.29, 1.82) is 0 Å². The topological polar surface area (TPSA) is 124 Å². The molecule has 0 aliphatic heterocycles. The number of ketones is 1. The molecule has 0 amide bonds. The van der Waals surface area contributed by atoms with Crippen molar-refractivity contribution >= 4 is 13.6 Å². The summed E-state index contributed by atoms with van der Waals surface area (Å²) in [4.78, 5) is 30.0. The fraction of sp³-hybridized carbons (Fsp3) is 0.188. The Kier molecular flexibility index (Phi) is 5.62. The molecule has 0 saturated carbocycles. The van der Waals surface area contributed by atoms with Crippen LogP contribution >= 0.6 is 7.82 Å². The maximum Gasteiger partial charge on any atom is 0.524 e. The number of phenolic OH excluding ortho intramolecular Hbond substituents is 2. The minimum Gasteiger partial charge on any atom is -0.508 e. The van der Waals surface area contributed by atoms with Crippen LogP contribution in [0.3, 0.4) is 0 Å². The van der Waals surface area contributed by atoms with Gasteiger partial charge in [0, 0.05) is 12.5 Å². The number of Topliss-reactive ketones (excluding diaryl/α,β-unsaturated/α-hetero) is 1. The van der Waals surface area contributed by atoms with Gasteiger partial charge in [0.25, 0.3) is 0 Å². The highest BCUT2D eigenvalue weighted by molar-refractivity contribution is 7.46. The first-order valence-corrected chi connectivity index (χ1v) is 8.67. The third kappa shape index (κ3) is 5.38. The van der Waals surface area contributed by atoms with Crippen LogP contribution in [0.25, 0.3) is 0 Å². The molecule has 0 spiro atoms. The second-order valence-corrected chi connectivity index (χ2v) is 6.37. The standard InChI is InChI=1S/C16H17O7P/c17-12-5-1-3-11(9-12)4-2-6-15(19)14-8-7-13(18)10-16(14)23-24(20,21)22/h1,3,5,7-10,17-18H,2,4,6H2,(H2,20,21,22). The van der Waals surface area contributed by atoms with E-state index in [9.17, 15) is 19.6 Å². The van der Waals surface area contributed by atoms with Crippen molar-refractivity contribution in [3.05, 3.63) is 53.6 Å². The Morgan fingerprint density at radius 3 is 2.42 bits per heavy atom. The van der Waals surface area contributed by atoms with E-state index in [0.29, 0.717) is 12.8 Å². The molecule has 0 aliphatic rings. The highest BCUT2D eigenvalue weighted by Crippen LogP contribution is 2.40. The third-order valence-electron chi connectivity index (χ3n) is 3.26. The molecule has 128 valence electrons. The van der Waals surface area contributed by atoms with Crippen molar-refractivity contribution in [2.24, 2.45) is 0 Å². The number of rotatable bonds is 7. The van der Waals surface area contributed by atoms with Crippen molar-refractivity contribution < 1.29 is 33.9 Å². The van der Waals surface area contributed by atoms with Crippen LogP contribution in [0.2, 0.25) is 0 Å². The van der Waals surface area contributed by atoms with Gasteiger partial charge in [-0.05, 0) is 42.7 Å². The minimum atomic E-state index is -4.84. The summed E-state index contributed by atoms with van der Waals surface area (Å²) >= 11 is 0. The molecular weight excluding hydrogens is 335 g/mol.